The van der Waals surface area contributed by atoms with Crippen molar-refractivity contribution in [3.05, 3.63) is 29.0 Å². The molecule has 2 aliphatic rings. The zero-order valence-corrected chi connectivity index (χ0v) is 14.5. The van der Waals surface area contributed by atoms with E-state index in [0.717, 1.165) is 47.8 Å². The van der Waals surface area contributed by atoms with Gasteiger partial charge in [0.1, 0.15) is 5.76 Å². The highest BCUT2D eigenvalue weighted by atomic mass is 32.1. The lowest BCUT2D eigenvalue weighted by Crippen LogP contribution is -2.33. The van der Waals surface area contributed by atoms with E-state index in [2.05, 4.69) is 16.3 Å². The largest absolute Gasteiger partial charge is 0.440 e. The maximum Gasteiger partial charge on any atom is 0.236 e. The highest BCUT2D eigenvalue weighted by molar-refractivity contribution is 7.13. The van der Waals surface area contributed by atoms with Crippen LogP contribution in [-0.2, 0) is 11.3 Å². The van der Waals surface area contributed by atoms with Gasteiger partial charge in [-0.25, -0.2) is 4.98 Å². The minimum atomic E-state index is 0.401. The van der Waals surface area contributed by atoms with E-state index in [1.165, 1.54) is 32.2 Å². The molecular formula is C18H24N2O2S. The van der Waals surface area contributed by atoms with Crippen molar-refractivity contribution >= 4 is 11.3 Å². The molecule has 3 heterocycles. The van der Waals surface area contributed by atoms with Crippen LogP contribution in [0, 0.1) is 12.8 Å². The van der Waals surface area contributed by atoms with Crippen molar-refractivity contribution < 1.29 is 9.15 Å². The molecule has 124 valence electrons. The summed E-state index contributed by atoms with van der Waals surface area (Å²) in [5, 5.41) is 2.06. The van der Waals surface area contributed by atoms with Crippen LogP contribution >= 0.6 is 11.3 Å². The maximum atomic E-state index is 5.89. The number of thiophene rings is 1. The van der Waals surface area contributed by atoms with Crippen molar-refractivity contribution in [1.29, 1.82) is 0 Å². The summed E-state index contributed by atoms with van der Waals surface area (Å²) in [6.07, 6.45) is 5.55. The summed E-state index contributed by atoms with van der Waals surface area (Å²) in [6.45, 7) is 6.02. The normalized spacial score (nSPS) is 21.4. The topological polar surface area (TPSA) is 38.5 Å². The Morgan fingerprint density at radius 2 is 2.22 bits per heavy atom. The molecule has 0 bridgehead atoms. The van der Waals surface area contributed by atoms with Crippen LogP contribution in [0.15, 0.2) is 21.9 Å². The Hall–Kier alpha value is -1.17. The monoisotopic (exact) mass is 332 g/mol. The summed E-state index contributed by atoms with van der Waals surface area (Å²) >= 11 is 1.67. The number of aryl methyl sites for hydroxylation is 1. The first-order valence-electron chi connectivity index (χ1n) is 8.62. The molecule has 1 saturated heterocycles. The van der Waals surface area contributed by atoms with Crippen molar-refractivity contribution in [3.8, 4) is 10.8 Å². The first-order valence-corrected chi connectivity index (χ1v) is 9.50. The van der Waals surface area contributed by atoms with Crippen LogP contribution in [0.1, 0.15) is 37.1 Å². The zero-order valence-electron chi connectivity index (χ0n) is 13.7. The van der Waals surface area contributed by atoms with Crippen LogP contribution in [0.3, 0.4) is 0 Å². The predicted molar refractivity (Wildman–Crippen MR) is 91.5 cm³/mol. The van der Waals surface area contributed by atoms with Crippen molar-refractivity contribution in [1.82, 2.24) is 9.88 Å². The summed E-state index contributed by atoms with van der Waals surface area (Å²) in [6, 6.07) is 4.10. The van der Waals surface area contributed by atoms with Crippen molar-refractivity contribution in [3.63, 3.8) is 0 Å². The first kappa shape index (κ1) is 15.4. The Kier molecular flexibility index (Phi) is 4.51. The molecule has 0 spiro atoms. The predicted octanol–water partition coefficient (Wildman–Crippen LogP) is 4.10. The zero-order chi connectivity index (χ0) is 15.6. The van der Waals surface area contributed by atoms with Gasteiger partial charge in [0, 0.05) is 26.2 Å². The third-order valence-electron chi connectivity index (χ3n) is 4.70. The fourth-order valence-corrected chi connectivity index (χ4v) is 3.89. The second-order valence-electron chi connectivity index (χ2n) is 6.77. The van der Waals surface area contributed by atoms with Crippen LogP contribution in [0.2, 0.25) is 0 Å². The maximum absolute atomic E-state index is 5.89. The molecule has 1 aliphatic heterocycles. The molecule has 1 saturated carbocycles. The highest BCUT2D eigenvalue weighted by Gasteiger charge is 2.28. The average molecular weight is 332 g/mol. The third-order valence-corrected chi connectivity index (χ3v) is 5.55. The lowest BCUT2D eigenvalue weighted by Gasteiger charge is -2.24. The smallest absolute Gasteiger partial charge is 0.236 e. The van der Waals surface area contributed by atoms with Gasteiger partial charge in [0.05, 0.1) is 16.7 Å². The van der Waals surface area contributed by atoms with Crippen LogP contribution in [0.25, 0.3) is 10.8 Å². The molecule has 1 atom stereocenters. The second-order valence-corrected chi connectivity index (χ2v) is 7.72. The molecule has 1 aliphatic carbocycles. The number of rotatable bonds is 7. The van der Waals surface area contributed by atoms with Gasteiger partial charge in [-0.15, -0.1) is 11.3 Å². The minimum Gasteiger partial charge on any atom is -0.440 e. The lowest BCUT2D eigenvalue weighted by molar-refractivity contribution is 0.0684. The molecule has 4 rings (SSSR count). The standard InChI is InChI=1S/C18H24N2O2S/c1-13-16(19-18(22-13)17-5-3-9-23-17)12-20(10-14-6-7-14)11-15-4-2-8-21-15/h3,5,9,14-15H,2,4,6-8,10-12H2,1H3/t15-/m1/s1. The van der Waals surface area contributed by atoms with E-state index in [0.29, 0.717) is 6.10 Å². The van der Waals surface area contributed by atoms with E-state index in [1.54, 1.807) is 11.3 Å². The number of hydrogen-bond acceptors (Lipinski definition) is 5. The molecule has 0 unspecified atom stereocenters. The quantitative estimate of drug-likeness (QED) is 0.765. The van der Waals surface area contributed by atoms with Gasteiger partial charge in [0.15, 0.2) is 0 Å². The van der Waals surface area contributed by atoms with Gasteiger partial charge in [-0.3, -0.25) is 4.90 Å². The highest BCUT2D eigenvalue weighted by Crippen LogP contribution is 2.31. The van der Waals surface area contributed by atoms with Gasteiger partial charge in [0.25, 0.3) is 0 Å². The van der Waals surface area contributed by atoms with Gasteiger partial charge in [-0.2, -0.15) is 0 Å². The Labute approximate surface area is 141 Å². The molecule has 2 aromatic rings. The van der Waals surface area contributed by atoms with Gasteiger partial charge < -0.3 is 9.15 Å². The Bertz CT molecular complexity index is 627. The molecule has 0 amide bonds. The fraction of sp³-hybridized carbons (Fsp3) is 0.611. The minimum absolute atomic E-state index is 0.401. The van der Waals surface area contributed by atoms with Gasteiger partial charge in [-0.05, 0) is 50.0 Å². The average Bonchev–Trinajstić information content (AvgIpc) is 2.99. The summed E-state index contributed by atoms with van der Waals surface area (Å²) in [4.78, 5) is 8.38. The Morgan fingerprint density at radius 1 is 1.30 bits per heavy atom. The molecule has 4 nitrogen and oxygen atoms in total. The molecule has 5 heteroatoms. The summed E-state index contributed by atoms with van der Waals surface area (Å²) in [7, 11) is 0. The Morgan fingerprint density at radius 3 is 2.91 bits per heavy atom. The van der Waals surface area contributed by atoms with Crippen molar-refractivity contribution in [2.75, 3.05) is 19.7 Å². The number of nitrogens with zero attached hydrogens (tertiary/aromatic N) is 2. The summed E-state index contributed by atoms with van der Waals surface area (Å²) in [5.74, 6) is 2.58. The van der Waals surface area contributed by atoms with Crippen LogP contribution < -0.4 is 0 Å². The summed E-state index contributed by atoms with van der Waals surface area (Å²) < 4.78 is 11.7. The van der Waals surface area contributed by atoms with Gasteiger partial charge in [0.2, 0.25) is 5.89 Å². The molecule has 0 radical (unpaired) electrons. The number of ether oxygens (including phenoxy) is 1. The van der Waals surface area contributed by atoms with Gasteiger partial charge in [-0.1, -0.05) is 6.07 Å². The van der Waals surface area contributed by atoms with Gasteiger partial charge >= 0.3 is 0 Å². The van der Waals surface area contributed by atoms with E-state index in [4.69, 9.17) is 14.1 Å². The molecule has 2 aromatic heterocycles. The first-order chi connectivity index (χ1) is 11.3. The van der Waals surface area contributed by atoms with E-state index in [-0.39, 0.29) is 0 Å². The number of oxazole rings is 1. The van der Waals surface area contributed by atoms with Crippen LogP contribution in [-0.4, -0.2) is 35.7 Å². The molecule has 23 heavy (non-hydrogen) atoms. The van der Waals surface area contributed by atoms with E-state index in [1.807, 2.05) is 13.0 Å². The Balaban J connectivity index is 1.46. The number of hydrogen-bond donors (Lipinski definition) is 0. The van der Waals surface area contributed by atoms with Crippen molar-refractivity contribution in [2.45, 2.75) is 45.3 Å². The lowest BCUT2D eigenvalue weighted by atomic mass is 10.2. The second kappa shape index (κ2) is 6.75. The molecular weight excluding hydrogens is 308 g/mol. The molecule has 0 N–H and O–H groups in total. The van der Waals surface area contributed by atoms with E-state index < -0.39 is 0 Å². The van der Waals surface area contributed by atoms with Crippen LogP contribution in [0.4, 0.5) is 0 Å². The fourth-order valence-electron chi connectivity index (χ4n) is 3.24. The third kappa shape index (κ3) is 3.84. The molecule has 2 fully saturated rings. The van der Waals surface area contributed by atoms with E-state index >= 15 is 0 Å². The van der Waals surface area contributed by atoms with Crippen molar-refractivity contribution in [2.24, 2.45) is 5.92 Å². The van der Waals surface area contributed by atoms with E-state index in [9.17, 15) is 0 Å². The molecule has 0 aromatic carbocycles. The summed E-state index contributed by atoms with van der Waals surface area (Å²) in [5.41, 5.74) is 1.08. The number of aromatic nitrogens is 1. The SMILES string of the molecule is Cc1oc(-c2cccs2)nc1CN(CC1CC1)C[C@H]1CCCO1. The van der Waals surface area contributed by atoms with Crippen LogP contribution in [0.5, 0.6) is 0 Å².